The Bertz CT molecular complexity index is 1400. The fraction of sp³-hybridized carbons (Fsp3) is 0.115. The van der Waals surface area contributed by atoms with Gasteiger partial charge in [0, 0.05) is 10.7 Å². The molecule has 0 bridgehead atoms. The molecule has 0 aliphatic carbocycles. The Morgan fingerprint density at radius 2 is 1.94 bits per heavy atom. The highest BCUT2D eigenvalue weighted by Crippen LogP contribution is 2.35. The Kier molecular flexibility index (Phi) is 8.13. The van der Waals surface area contributed by atoms with Gasteiger partial charge in [0.1, 0.15) is 11.6 Å². The van der Waals surface area contributed by atoms with Crippen molar-refractivity contribution in [3.8, 4) is 5.75 Å². The molecule has 1 heterocycles. The molecule has 4 rings (SSSR count). The van der Waals surface area contributed by atoms with Crippen LogP contribution >= 0.6 is 39.3 Å². The zero-order valence-electron chi connectivity index (χ0n) is 18.9. The van der Waals surface area contributed by atoms with Crippen LogP contribution in [-0.2, 0) is 16.1 Å². The lowest BCUT2D eigenvalue weighted by atomic mass is 10.2. The molecule has 3 amide bonds. The molecule has 1 N–H and O–H groups in total. The minimum absolute atomic E-state index is 0.0534. The third-order valence-electron chi connectivity index (χ3n) is 5.25. The Labute approximate surface area is 224 Å². The van der Waals surface area contributed by atoms with E-state index in [0.29, 0.717) is 21.3 Å². The largest absolute Gasteiger partial charge is 0.483 e. The molecule has 0 unspecified atom stereocenters. The van der Waals surface area contributed by atoms with E-state index < -0.39 is 17.0 Å². The number of nitrogens with zero attached hydrogens (tertiary/aromatic N) is 1. The zero-order chi connectivity index (χ0) is 25.8. The van der Waals surface area contributed by atoms with Crippen LogP contribution in [0.25, 0.3) is 6.08 Å². The summed E-state index contributed by atoms with van der Waals surface area (Å²) in [4.78, 5) is 38.8. The van der Waals surface area contributed by atoms with Crippen LogP contribution < -0.4 is 10.1 Å². The van der Waals surface area contributed by atoms with Gasteiger partial charge in [-0.25, -0.2) is 4.39 Å². The van der Waals surface area contributed by atoms with Gasteiger partial charge in [0.25, 0.3) is 17.1 Å². The van der Waals surface area contributed by atoms with Crippen molar-refractivity contribution in [2.24, 2.45) is 0 Å². The predicted molar refractivity (Wildman–Crippen MR) is 142 cm³/mol. The summed E-state index contributed by atoms with van der Waals surface area (Å²) in [5, 5.41) is 2.51. The maximum Gasteiger partial charge on any atom is 0.293 e. The molecule has 3 aromatic carbocycles. The van der Waals surface area contributed by atoms with Gasteiger partial charge in [-0.1, -0.05) is 41.9 Å². The number of ether oxygens (including phenoxy) is 1. The molecule has 0 aromatic heterocycles. The number of amides is 3. The summed E-state index contributed by atoms with van der Waals surface area (Å²) in [7, 11) is 0. The van der Waals surface area contributed by atoms with Crippen LogP contribution in [0.5, 0.6) is 5.75 Å². The number of anilines is 1. The first-order valence-corrected chi connectivity index (χ1v) is 12.7. The first-order chi connectivity index (χ1) is 17.2. The standard InChI is InChI=1S/C26H19BrClFN2O4S/c1-15-4-2-3-5-21(15)30-24(32)14-35-22-9-6-16(10-19(22)27)11-23-25(33)31(26(34)36-23)13-17-7-8-18(29)12-20(17)28/h2-12H,13-14H2,1H3,(H,30,32)/b23-11-. The minimum atomic E-state index is -0.497. The van der Waals surface area contributed by atoms with Gasteiger partial charge >= 0.3 is 0 Å². The molecular formula is C26H19BrClFN2O4S. The van der Waals surface area contributed by atoms with Gasteiger partial charge in [-0.2, -0.15) is 0 Å². The van der Waals surface area contributed by atoms with Crippen molar-refractivity contribution in [3.05, 3.63) is 97.6 Å². The van der Waals surface area contributed by atoms with Crippen molar-refractivity contribution in [3.63, 3.8) is 0 Å². The fourth-order valence-electron chi connectivity index (χ4n) is 3.37. The number of hydrogen-bond donors (Lipinski definition) is 1. The average molecular weight is 590 g/mol. The van der Waals surface area contributed by atoms with E-state index in [1.54, 1.807) is 24.3 Å². The zero-order valence-corrected chi connectivity index (χ0v) is 22.0. The number of halogens is 3. The molecule has 1 saturated heterocycles. The number of carbonyl (C=O) groups is 3. The summed E-state index contributed by atoms with van der Waals surface area (Å²) in [6.07, 6.45) is 1.59. The average Bonchev–Trinajstić information content (AvgIpc) is 3.09. The van der Waals surface area contributed by atoms with Crippen molar-refractivity contribution >= 4 is 68.1 Å². The second-order valence-electron chi connectivity index (χ2n) is 7.85. The molecule has 36 heavy (non-hydrogen) atoms. The van der Waals surface area contributed by atoms with Crippen molar-refractivity contribution in [2.45, 2.75) is 13.5 Å². The number of benzene rings is 3. The summed E-state index contributed by atoms with van der Waals surface area (Å²) in [5.74, 6) is -0.807. The number of para-hydroxylation sites is 1. The van der Waals surface area contributed by atoms with Crippen LogP contribution in [0.1, 0.15) is 16.7 Å². The predicted octanol–water partition coefficient (Wildman–Crippen LogP) is 6.80. The van der Waals surface area contributed by atoms with E-state index in [1.807, 2.05) is 31.2 Å². The van der Waals surface area contributed by atoms with Crippen molar-refractivity contribution < 1.29 is 23.5 Å². The molecule has 3 aromatic rings. The first kappa shape index (κ1) is 25.9. The number of rotatable bonds is 7. The topological polar surface area (TPSA) is 75.7 Å². The Hall–Kier alpha value is -3.14. The van der Waals surface area contributed by atoms with Gasteiger partial charge in [-0.3, -0.25) is 19.3 Å². The number of hydrogen-bond acceptors (Lipinski definition) is 5. The molecule has 1 aliphatic rings. The van der Waals surface area contributed by atoms with Crippen molar-refractivity contribution in [1.82, 2.24) is 4.90 Å². The monoisotopic (exact) mass is 588 g/mol. The van der Waals surface area contributed by atoms with Gasteiger partial charge in [0.05, 0.1) is 15.9 Å². The Morgan fingerprint density at radius 3 is 2.67 bits per heavy atom. The molecule has 1 fully saturated rings. The van der Waals surface area contributed by atoms with Crippen LogP contribution in [0.15, 0.2) is 70.0 Å². The van der Waals surface area contributed by atoms with Crippen LogP contribution in [-0.4, -0.2) is 28.6 Å². The summed E-state index contributed by atoms with van der Waals surface area (Å²) in [5.41, 5.74) is 2.79. The molecular weight excluding hydrogens is 571 g/mol. The first-order valence-electron chi connectivity index (χ1n) is 10.7. The quantitative estimate of drug-likeness (QED) is 0.307. The van der Waals surface area contributed by atoms with Crippen LogP contribution in [0, 0.1) is 12.7 Å². The minimum Gasteiger partial charge on any atom is -0.483 e. The molecule has 0 spiro atoms. The summed E-state index contributed by atoms with van der Waals surface area (Å²) >= 11 is 10.3. The molecule has 1 aliphatic heterocycles. The Morgan fingerprint density at radius 1 is 1.17 bits per heavy atom. The molecule has 0 saturated carbocycles. The van der Waals surface area contributed by atoms with E-state index in [-0.39, 0.29) is 29.0 Å². The number of carbonyl (C=O) groups excluding carboxylic acids is 3. The third kappa shape index (κ3) is 6.16. The maximum absolute atomic E-state index is 13.3. The second kappa shape index (κ2) is 11.3. The number of imide groups is 1. The fourth-order valence-corrected chi connectivity index (χ4v) is 4.95. The van der Waals surface area contributed by atoms with Crippen molar-refractivity contribution in [2.75, 3.05) is 11.9 Å². The lowest BCUT2D eigenvalue weighted by molar-refractivity contribution is -0.123. The van der Waals surface area contributed by atoms with Gasteiger partial charge in [0.15, 0.2) is 6.61 Å². The smallest absolute Gasteiger partial charge is 0.293 e. The van der Waals surface area contributed by atoms with E-state index in [9.17, 15) is 18.8 Å². The number of thioether (sulfide) groups is 1. The highest BCUT2D eigenvalue weighted by Gasteiger charge is 2.35. The van der Waals surface area contributed by atoms with Gasteiger partial charge in [0.2, 0.25) is 0 Å². The lowest BCUT2D eigenvalue weighted by Gasteiger charge is -2.13. The summed E-state index contributed by atoms with van der Waals surface area (Å²) in [6.45, 7) is 1.66. The van der Waals surface area contributed by atoms with Gasteiger partial charge in [-0.05, 0) is 87.7 Å². The maximum atomic E-state index is 13.3. The SMILES string of the molecule is Cc1ccccc1NC(=O)COc1ccc(/C=C2\SC(=O)N(Cc3ccc(F)cc3Cl)C2=O)cc1Br. The van der Waals surface area contributed by atoms with Crippen LogP contribution in [0.4, 0.5) is 14.9 Å². The number of aryl methyl sites for hydroxylation is 1. The van der Waals surface area contributed by atoms with E-state index in [1.165, 1.54) is 12.1 Å². The second-order valence-corrected chi connectivity index (χ2v) is 10.1. The van der Waals surface area contributed by atoms with Gasteiger partial charge < -0.3 is 10.1 Å². The molecule has 184 valence electrons. The lowest BCUT2D eigenvalue weighted by Crippen LogP contribution is -2.27. The third-order valence-corrected chi connectivity index (χ3v) is 7.13. The van der Waals surface area contributed by atoms with E-state index in [0.717, 1.165) is 34.0 Å². The Balaban J connectivity index is 1.40. The van der Waals surface area contributed by atoms with Gasteiger partial charge in [-0.15, -0.1) is 0 Å². The highest BCUT2D eigenvalue weighted by atomic mass is 79.9. The van der Waals surface area contributed by atoms with E-state index in [4.69, 9.17) is 16.3 Å². The summed E-state index contributed by atoms with van der Waals surface area (Å²) in [6, 6.07) is 16.4. The molecule has 0 atom stereocenters. The molecule has 10 heteroatoms. The summed E-state index contributed by atoms with van der Waals surface area (Å²) < 4.78 is 19.5. The number of nitrogens with one attached hydrogen (secondary N) is 1. The molecule has 0 radical (unpaired) electrons. The highest BCUT2D eigenvalue weighted by molar-refractivity contribution is 9.10. The van der Waals surface area contributed by atoms with Crippen LogP contribution in [0.2, 0.25) is 5.02 Å². The normalized spacial score (nSPS) is 14.4. The molecule has 6 nitrogen and oxygen atoms in total. The van der Waals surface area contributed by atoms with Crippen molar-refractivity contribution in [1.29, 1.82) is 0 Å². The van der Waals surface area contributed by atoms with E-state index >= 15 is 0 Å². The van der Waals surface area contributed by atoms with Crippen LogP contribution in [0.3, 0.4) is 0 Å². The van der Waals surface area contributed by atoms with E-state index in [2.05, 4.69) is 21.2 Å².